The average molecular weight is 401 g/mol. The lowest BCUT2D eigenvalue weighted by Crippen LogP contribution is -2.39. The number of methoxy groups -OCH3 is 3. The summed E-state index contributed by atoms with van der Waals surface area (Å²) in [6.07, 6.45) is 0.849. The largest absolute Gasteiger partial charge is 0.497 e. The highest BCUT2D eigenvalue weighted by Crippen LogP contribution is 2.32. The van der Waals surface area contributed by atoms with Crippen LogP contribution in [-0.2, 0) is 0 Å². The Bertz CT molecular complexity index is 845. The molecule has 0 aromatic heterocycles. The number of aliphatic imine (C=N–C) groups is 1. The minimum atomic E-state index is -0.110. The zero-order valence-electron chi connectivity index (χ0n) is 16.5. The first kappa shape index (κ1) is 20.1. The third-order valence-corrected chi connectivity index (χ3v) is 5.66. The van der Waals surface area contributed by atoms with Crippen LogP contribution in [0.2, 0.25) is 0 Å². The molecular weight excluding hydrogens is 376 g/mol. The molecule has 2 aromatic carbocycles. The minimum absolute atomic E-state index is 0.0895. The molecular formula is C21H24N2O4S. The number of amidine groups is 1. The average Bonchev–Trinajstić information content (AvgIpc) is 3.15. The third kappa shape index (κ3) is 4.25. The lowest BCUT2D eigenvalue weighted by Gasteiger charge is -2.23. The first-order chi connectivity index (χ1) is 13.6. The Morgan fingerprint density at radius 2 is 1.64 bits per heavy atom. The molecule has 0 saturated carbocycles. The Kier molecular flexibility index (Phi) is 6.46. The first-order valence-corrected chi connectivity index (χ1v) is 10.00. The molecule has 148 valence electrons. The van der Waals surface area contributed by atoms with Crippen LogP contribution in [0.5, 0.6) is 17.2 Å². The number of carbonyl (C=O) groups excluding carboxylic acids is 1. The molecule has 6 nitrogen and oxygen atoms in total. The van der Waals surface area contributed by atoms with Gasteiger partial charge in [-0.2, -0.15) is 0 Å². The third-order valence-electron chi connectivity index (χ3n) is 4.56. The van der Waals surface area contributed by atoms with Gasteiger partial charge in [-0.1, -0.05) is 18.7 Å². The Balaban J connectivity index is 1.95. The van der Waals surface area contributed by atoms with Gasteiger partial charge in [0, 0.05) is 23.4 Å². The predicted molar refractivity (Wildman–Crippen MR) is 112 cm³/mol. The topological polar surface area (TPSA) is 60.4 Å². The second-order valence-electron chi connectivity index (χ2n) is 6.24. The van der Waals surface area contributed by atoms with Crippen molar-refractivity contribution in [3.8, 4) is 17.2 Å². The van der Waals surface area contributed by atoms with Crippen LogP contribution in [0.3, 0.4) is 0 Å². The van der Waals surface area contributed by atoms with E-state index >= 15 is 0 Å². The van der Waals surface area contributed by atoms with Crippen LogP contribution >= 0.6 is 11.8 Å². The van der Waals surface area contributed by atoms with Gasteiger partial charge in [-0.3, -0.25) is 9.69 Å². The Labute approximate surface area is 169 Å². The molecule has 2 aromatic rings. The predicted octanol–water partition coefficient (Wildman–Crippen LogP) is 4.37. The van der Waals surface area contributed by atoms with Crippen LogP contribution in [0.15, 0.2) is 47.5 Å². The monoisotopic (exact) mass is 400 g/mol. The summed E-state index contributed by atoms with van der Waals surface area (Å²) >= 11 is 1.59. The van der Waals surface area contributed by atoms with Crippen LogP contribution in [0.4, 0.5) is 5.69 Å². The molecule has 7 heteroatoms. The van der Waals surface area contributed by atoms with Crippen molar-refractivity contribution in [1.82, 2.24) is 4.90 Å². The maximum absolute atomic E-state index is 13.4. The summed E-state index contributed by atoms with van der Waals surface area (Å²) in [6.45, 7) is 2.08. The Hall–Kier alpha value is -2.67. The fourth-order valence-corrected chi connectivity index (χ4v) is 4.21. The molecule has 0 bridgehead atoms. The van der Waals surface area contributed by atoms with E-state index in [-0.39, 0.29) is 11.9 Å². The van der Waals surface area contributed by atoms with Gasteiger partial charge in [0.1, 0.15) is 17.2 Å². The maximum atomic E-state index is 13.4. The summed E-state index contributed by atoms with van der Waals surface area (Å²) in [5, 5.41) is 0.698. The molecule has 1 saturated heterocycles. The van der Waals surface area contributed by atoms with Crippen molar-refractivity contribution in [3.05, 3.63) is 48.0 Å². The van der Waals surface area contributed by atoms with E-state index in [1.807, 2.05) is 24.3 Å². The van der Waals surface area contributed by atoms with Gasteiger partial charge in [0.25, 0.3) is 5.91 Å². The van der Waals surface area contributed by atoms with Crippen molar-refractivity contribution < 1.29 is 19.0 Å². The summed E-state index contributed by atoms with van der Waals surface area (Å²) in [6, 6.07) is 12.8. The van der Waals surface area contributed by atoms with E-state index in [4.69, 9.17) is 19.2 Å². The molecule has 1 amide bonds. The van der Waals surface area contributed by atoms with Crippen LogP contribution in [0, 0.1) is 0 Å². The van der Waals surface area contributed by atoms with Crippen LogP contribution in [0.1, 0.15) is 23.7 Å². The zero-order chi connectivity index (χ0) is 20.1. The lowest BCUT2D eigenvalue weighted by molar-refractivity contribution is 0.0818. The van der Waals surface area contributed by atoms with Gasteiger partial charge in [0.15, 0.2) is 5.17 Å². The molecule has 1 heterocycles. The molecule has 28 heavy (non-hydrogen) atoms. The molecule has 1 aliphatic heterocycles. The molecule has 1 aliphatic rings. The smallest absolute Gasteiger partial charge is 0.260 e. The van der Waals surface area contributed by atoms with E-state index in [1.165, 1.54) is 0 Å². The van der Waals surface area contributed by atoms with Crippen molar-refractivity contribution >= 4 is 28.5 Å². The first-order valence-electron chi connectivity index (χ1n) is 9.01. The van der Waals surface area contributed by atoms with E-state index in [0.717, 1.165) is 23.6 Å². The normalized spacial score (nSPS) is 17.6. The summed E-state index contributed by atoms with van der Waals surface area (Å²) in [7, 11) is 4.77. The highest BCUT2D eigenvalue weighted by molar-refractivity contribution is 8.14. The fourth-order valence-electron chi connectivity index (χ4n) is 2.95. The van der Waals surface area contributed by atoms with Crippen molar-refractivity contribution in [2.45, 2.75) is 19.4 Å². The molecule has 3 rings (SSSR count). The molecule has 0 radical (unpaired) electrons. The fraction of sp³-hybridized carbons (Fsp3) is 0.333. The molecule has 1 atom stereocenters. The van der Waals surface area contributed by atoms with Gasteiger partial charge in [-0.05, 0) is 42.8 Å². The van der Waals surface area contributed by atoms with E-state index < -0.39 is 0 Å². The molecule has 0 unspecified atom stereocenters. The highest BCUT2D eigenvalue weighted by Gasteiger charge is 2.35. The second kappa shape index (κ2) is 9.01. The van der Waals surface area contributed by atoms with Crippen molar-refractivity contribution in [1.29, 1.82) is 0 Å². The Morgan fingerprint density at radius 3 is 2.18 bits per heavy atom. The van der Waals surface area contributed by atoms with Gasteiger partial charge < -0.3 is 14.2 Å². The van der Waals surface area contributed by atoms with Crippen LogP contribution in [0.25, 0.3) is 0 Å². The SMILES string of the molecule is CC[C@H]1CSC(=Nc2ccc(OC)cc2)N1C(=O)c1cc(OC)cc(OC)c1. The van der Waals surface area contributed by atoms with E-state index in [2.05, 4.69) is 6.92 Å². The zero-order valence-corrected chi connectivity index (χ0v) is 17.3. The standard InChI is InChI=1S/C21H24N2O4S/c1-5-16-13-28-21(22-15-6-8-17(25-2)9-7-15)23(16)20(24)14-10-18(26-3)12-19(11-14)27-4/h6-12,16H,5,13H2,1-4H3/t16-/m0/s1. The van der Waals surface area contributed by atoms with Crippen LogP contribution < -0.4 is 14.2 Å². The van der Waals surface area contributed by atoms with Gasteiger partial charge in [-0.25, -0.2) is 4.99 Å². The Morgan fingerprint density at radius 1 is 1.04 bits per heavy atom. The van der Waals surface area contributed by atoms with Crippen molar-refractivity contribution in [2.24, 2.45) is 4.99 Å². The number of thioether (sulfide) groups is 1. The number of benzene rings is 2. The van der Waals surface area contributed by atoms with Gasteiger partial charge >= 0.3 is 0 Å². The van der Waals surface area contributed by atoms with Crippen LogP contribution in [-0.4, -0.2) is 49.1 Å². The number of hydrogen-bond acceptors (Lipinski definition) is 6. The van der Waals surface area contributed by atoms with Crippen molar-refractivity contribution in [3.63, 3.8) is 0 Å². The van der Waals surface area contributed by atoms with E-state index in [1.54, 1.807) is 56.2 Å². The van der Waals surface area contributed by atoms with Crippen molar-refractivity contribution in [2.75, 3.05) is 27.1 Å². The van der Waals surface area contributed by atoms with Gasteiger partial charge in [0.2, 0.25) is 0 Å². The number of hydrogen-bond donors (Lipinski definition) is 0. The number of carbonyl (C=O) groups is 1. The summed E-state index contributed by atoms with van der Waals surface area (Å²) in [5.74, 6) is 2.64. The molecule has 0 N–H and O–H groups in total. The maximum Gasteiger partial charge on any atom is 0.260 e. The lowest BCUT2D eigenvalue weighted by atomic mass is 10.1. The van der Waals surface area contributed by atoms with E-state index in [9.17, 15) is 4.79 Å². The number of nitrogens with zero attached hydrogens (tertiary/aromatic N) is 2. The van der Waals surface area contributed by atoms with Gasteiger partial charge in [-0.15, -0.1) is 0 Å². The molecule has 0 aliphatic carbocycles. The van der Waals surface area contributed by atoms with E-state index in [0.29, 0.717) is 22.2 Å². The summed E-state index contributed by atoms with van der Waals surface area (Å²) < 4.78 is 15.8. The highest BCUT2D eigenvalue weighted by atomic mass is 32.2. The minimum Gasteiger partial charge on any atom is -0.497 e. The number of rotatable bonds is 6. The van der Waals surface area contributed by atoms with Gasteiger partial charge in [0.05, 0.1) is 27.0 Å². The number of ether oxygens (including phenoxy) is 3. The quantitative estimate of drug-likeness (QED) is 0.721. The number of amides is 1. The molecule has 1 fully saturated rings. The summed E-state index contributed by atoms with van der Waals surface area (Å²) in [5.41, 5.74) is 1.29. The molecule has 0 spiro atoms. The second-order valence-corrected chi connectivity index (χ2v) is 7.23. The summed E-state index contributed by atoms with van der Waals surface area (Å²) in [4.78, 5) is 19.8.